The molecule has 166 valence electrons. The van der Waals surface area contributed by atoms with Gasteiger partial charge in [0.15, 0.2) is 12.8 Å². The Hall–Kier alpha value is -4.07. The minimum Gasteiger partial charge on any atom is -0.491 e. The van der Waals surface area contributed by atoms with E-state index in [1.165, 1.54) is 17.4 Å². The summed E-state index contributed by atoms with van der Waals surface area (Å²) in [6.45, 7) is 1.82. The highest BCUT2D eigenvalue weighted by Gasteiger charge is 2.48. The van der Waals surface area contributed by atoms with Crippen LogP contribution in [0.4, 0.5) is 11.4 Å². The molecule has 2 amide bonds. The highest BCUT2D eigenvalue weighted by molar-refractivity contribution is 6.24. The van der Waals surface area contributed by atoms with Crippen molar-refractivity contribution in [2.75, 3.05) is 24.0 Å². The maximum absolute atomic E-state index is 13.2. The van der Waals surface area contributed by atoms with Crippen LogP contribution in [0.1, 0.15) is 18.6 Å². The number of Topliss-reactive ketones (excluding diaryl/α,β-unsaturated/α-hetero) is 1. The van der Waals surface area contributed by atoms with Crippen molar-refractivity contribution in [2.45, 2.75) is 19.1 Å². The Balaban J connectivity index is 1.43. The molecule has 33 heavy (non-hydrogen) atoms. The fourth-order valence-corrected chi connectivity index (χ4v) is 4.52. The number of hydrogen-bond acceptors (Lipinski definition) is 5. The average Bonchev–Trinajstić information content (AvgIpc) is 3.04. The number of anilines is 2. The number of ether oxygens (including phenoxy) is 1. The second-order valence-electron chi connectivity index (χ2n) is 8.26. The van der Waals surface area contributed by atoms with E-state index in [9.17, 15) is 14.4 Å². The van der Waals surface area contributed by atoms with E-state index in [2.05, 4.69) is 4.99 Å². The van der Waals surface area contributed by atoms with E-state index in [4.69, 9.17) is 4.74 Å². The monoisotopic (exact) mass is 443 g/mol. The lowest BCUT2D eigenvalue weighted by molar-refractivity contribution is -0.495. The summed E-state index contributed by atoms with van der Waals surface area (Å²) in [5, 5.41) is 1.55. The first-order chi connectivity index (χ1) is 15.9. The molecule has 0 bridgehead atoms. The van der Waals surface area contributed by atoms with Gasteiger partial charge >= 0.3 is 5.91 Å². The van der Waals surface area contributed by atoms with Crippen LogP contribution in [0.3, 0.4) is 0 Å². The van der Waals surface area contributed by atoms with E-state index in [1.807, 2.05) is 61.5 Å². The van der Waals surface area contributed by atoms with Crippen LogP contribution in [0.25, 0.3) is 0 Å². The number of carbonyl (C=O) groups excluding carboxylic acids is 3. The second-order valence-corrected chi connectivity index (χ2v) is 8.26. The quantitative estimate of drug-likeness (QED) is 0.414. The molecule has 0 spiro atoms. The molecular formula is C25H23N4O4+. The average molecular weight is 443 g/mol. The fourth-order valence-electron chi connectivity index (χ4n) is 4.52. The Morgan fingerprint density at radius 2 is 1.70 bits per heavy atom. The zero-order chi connectivity index (χ0) is 23.3. The third-order valence-corrected chi connectivity index (χ3v) is 6.42. The van der Waals surface area contributed by atoms with Gasteiger partial charge in [0.1, 0.15) is 17.7 Å². The number of hydrazine groups is 1. The zero-order valence-electron chi connectivity index (χ0n) is 18.5. The molecule has 0 N–H and O–H groups in total. The Bertz CT molecular complexity index is 1260. The largest absolute Gasteiger partial charge is 0.491 e. The summed E-state index contributed by atoms with van der Waals surface area (Å²) in [7, 11) is 3.45. The number of nitrogens with zero attached hydrogens (tertiary/aromatic N) is 4. The molecule has 2 aromatic rings. The van der Waals surface area contributed by atoms with Crippen molar-refractivity contribution in [1.82, 2.24) is 0 Å². The van der Waals surface area contributed by atoms with Gasteiger partial charge in [0.05, 0.1) is 17.5 Å². The van der Waals surface area contributed by atoms with Crippen molar-refractivity contribution < 1.29 is 23.8 Å². The molecule has 5 rings (SSSR count). The highest BCUT2D eigenvalue weighted by Crippen LogP contribution is 2.42. The lowest BCUT2D eigenvalue weighted by atomic mass is 9.82. The Labute approximate surface area is 191 Å². The molecule has 0 fully saturated rings. The van der Waals surface area contributed by atoms with Gasteiger partial charge in [-0.05, 0) is 18.2 Å². The number of para-hydroxylation sites is 2. The number of benzene rings is 2. The number of hydrazone groups is 1. The van der Waals surface area contributed by atoms with Crippen molar-refractivity contribution in [2.24, 2.45) is 10.9 Å². The molecule has 0 aromatic heterocycles. The van der Waals surface area contributed by atoms with Gasteiger partial charge in [-0.25, -0.2) is 0 Å². The SMILES string of the molecule is CC1=[N+](C)N(c2ccccc2)C(=O)C1N=CC1=COC2c3ccccc3N(C)C(=O)C2C1=O. The van der Waals surface area contributed by atoms with Gasteiger partial charge in [-0.1, -0.05) is 41.4 Å². The van der Waals surface area contributed by atoms with Gasteiger partial charge < -0.3 is 9.64 Å². The minimum absolute atomic E-state index is 0.166. The standard InChI is InChI=1S/C25H23N4O4/c1-15-21(25(32)29(28(15)3)17-9-5-4-6-10-17)26-13-16-14-33-23-18-11-7-8-12-19(18)27(2)24(31)20(23)22(16)30/h4-14,20-21,23H,1-3H3/q+1. The van der Waals surface area contributed by atoms with E-state index < -0.39 is 18.1 Å². The Kier molecular flexibility index (Phi) is 4.92. The van der Waals surface area contributed by atoms with Crippen molar-refractivity contribution in [3.63, 3.8) is 0 Å². The molecule has 8 nitrogen and oxygen atoms in total. The predicted molar refractivity (Wildman–Crippen MR) is 123 cm³/mol. The van der Waals surface area contributed by atoms with E-state index in [1.54, 1.807) is 23.8 Å². The molecule has 3 unspecified atom stereocenters. The molecular weight excluding hydrogens is 420 g/mol. The number of hydrogen-bond donors (Lipinski definition) is 0. The topological polar surface area (TPSA) is 82.3 Å². The van der Waals surface area contributed by atoms with Crippen molar-refractivity contribution in [3.05, 3.63) is 72.0 Å². The van der Waals surface area contributed by atoms with E-state index >= 15 is 0 Å². The second kappa shape index (κ2) is 7.81. The molecule has 0 saturated carbocycles. The first kappa shape index (κ1) is 20.8. The normalized spacial score (nSPS) is 24.8. The van der Waals surface area contributed by atoms with Gasteiger partial charge in [0.25, 0.3) is 0 Å². The van der Waals surface area contributed by atoms with Crippen molar-refractivity contribution >= 4 is 40.9 Å². The predicted octanol–water partition coefficient (Wildman–Crippen LogP) is 2.31. The van der Waals surface area contributed by atoms with Crippen LogP contribution in [-0.4, -0.2) is 54.3 Å². The van der Waals surface area contributed by atoms with E-state index in [-0.39, 0.29) is 23.2 Å². The number of rotatable bonds is 3. The maximum Gasteiger partial charge on any atom is 0.318 e. The third-order valence-electron chi connectivity index (χ3n) is 6.42. The van der Waals surface area contributed by atoms with Crippen LogP contribution < -0.4 is 9.91 Å². The van der Waals surface area contributed by atoms with Gasteiger partial charge in [0, 0.05) is 25.7 Å². The summed E-state index contributed by atoms with van der Waals surface area (Å²) >= 11 is 0. The molecule has 3 aliphatic heterocycles. The highest BCUT2D eigenvalue weighted by atomic mass is 16.5. The molecule has 2 aromatic carbocycles. The lowest BCUT2D eigenvalue weighted by Crippen LogP contribution is -2.47. The minimum atomic E-state index is -0.982. The van der Waals surface area contributed by atoms with Crippen LogP contribution >= 0.6 is 0 Å². The van der Waals surface area contributed by atoms with Gasteiger partial charge in [-0.15, -0.1) is 4.68 Å². The first-order valence-corrected chi connectivity index (χ1v) is 10.7. The van der Waals surface area contributed by atoms with Gasteiger partial charge in [0.2, 0.25) is 17.7 Å². The molecule has 8 heteroatoms. The van der Waals surface area contributed by atoms with E-state index in [0.29, 0.717) is 0 Å². The van der Waals surface area contributed by atoms with Crippen LogP contribution in [0.15, 0.2) is 71.4 Å². The number of aliphatic imine (C=N–C) groups is 1. The van der Waals surface area contributed by atoms with Crippen molar-refractivity contribution in [3.8, 4) is 0 Å². The van der Waals surface area contributed by atoms with Crippen molar-refractivity contribution in [1.29, 1.82) is 0 Å². The third kappa shape index (κ3) is 3.17. The van der Waals surface area contributed by atoms with Crippen LogP contribution in [-0.2, 0) is 19.1 Å². The van der Waals surface area contributed by atoms with Crippen LogP contribution in [0.5, 0.6) is 0 Å². The molecule has 3 atom stereocenters. The summed E-state index contributed by atoms with van der Waals surface area (Å²) in [6, 6.07) is 15.9. The zero-order valence-corrected chi connectivity index (χ0v) is 18.5. The summed E-state index contributed by atoms with van der Waals surface area (Å²) in [5.41, 5.74) is 3.15. The van der Waals surface area contributed by atoms with Gasteiger partial charge in [-0.2, -0.15) is 0 Å². The number of fused-ring (bicyclic) bond motifs is 3. The summed E-state index contributed by atoms with van der Waals surface area (Å²) in [5.74, 6) is -1.89. The van der Waals surface area contributed by atoms with Crippen LogP contribution in [0, 0.1) is 5.92 Å². The van der Waals surface area contributed by atoms with Gasteiger partial charge in [-0.3, -0.25) is 19.4 Å². The first-order valence-electron chi connectivity index (χ1n) is 10.7. The summed E-state index contributed by atoms with van der Waals surface area (Å²) in [6.07, 6.45) is 2.02. The lowest BCUT2D eigenvalue weighted by Gasteiger charge is -2.38. The number of allylic oxidation sites excluding steroid dienone is 1. The number of carbonyl (C=O) groups is 3. The molecule has 3 aliphatic rings. The maximum atomic E-state index is 13.2. The molecule has 0 saturated heterocycles. The smallest absolute Gasteiger partial charge is 0.318 e. The molecule has 0 radical (unpaired) electrons. The summed E-state index contributed by atoms with van der Waals surface area (Å²) in [4.78, 5) is 45.2. The molecule has 0 aliphatic carbocycles. The fraction of sp³-hybridized carbons (Fsp3) is 0.240. The van der Waals surface area contributed by atoms with Crippen LogP contribution in [0.2, 0.25) is 0 Å². The van der Waals surface area contributed by atoms with E-state index in [0.717, 1.165) is 22.6 Å². The summed E-state index contributed by atoms with van der Waals surface area (Å²) < 4.78 is 7.61. The molecule has 3 heterocycles. The Morgan fingerprint density at radius 1 is 1.00 bits per heavy atom. The Morgan fingerprint density at radius 3 is 2.45 bits per heavy atom. The number of ketones is 1. The number of amides is 2.